The van der Waals surface area contributed by atoms with Crippen LogP contribution in [0.5, 0.6) is 5.75 Å². The number of benzene rings is 1. The summed E-state index contributed by atoms with van der Waals surface area (Å²) in [7, 11) is 4.08. The molecular weight excluding hydrogens is 304 g/mol. The molecule has 0 spiro atoms. The molecule has 0 radical (unpaired) electrons. The predicted octanol–water partition coefficient (Wildman–Crippen LogP) is 1.72. The number of guanidine groups is 1. The van der Waals surface area contributed by atoms with Crippen LogP contribution >= 0.6 is 0 Å². The monoisotopic (exact) mass is 336 g/mol. The molecule has 0 atom stereocenters. The van der Waals surface area contributed by atoms with Crippen LogP contribution in [0.3, 0.4) is 0 Å². The van der Waals surface area contributed by atoms with Gasteiger partial charge in [-0.3, -0.25) is 0 Å². The van der Waals surface area contributed by atoms with Gasteiger partial charge in [-0.15, -0.1) is 0 Å². The molecule has 0 aliphatic carbocycles. The van der Waals surface area contributed by atoms with Gasteiger partial charge in [0.1, 0.15) is 12.4 Å². The SMILES string of the molecule is CCNC(=NCc1ccccc1OCCN(C)C)NCCOCC. The molecule has 2 N–H and O–H groups in total. The van der Waals surface area contributed by atoms with Crippen LogP contribution in [0.15, 0.2) is 29.3 Å². The van der Waals surface area contributed by atoms with Crippen molar-refractivity contribution < 1.29 is 9.47 Å². The topological polar surface area (TPSA) is 58.1 Å². The van der Waals surface area contributed by atoms with Crippen molar-refractivity contribution >= 4 is 5.96 Å². The van der Waals surface area contributed by atoms with Gasteiger partial charge < -0.3 is 25.0 Å². The molecule has 1 aromatic rings. The quantitative estimate of drug-likeness (QED) is 0.366. The zero-order valence-corrected chi connectivity index (χ0v) is 15.5. The van der Waals surface area contributed by atoms with Crippen molar-refractivity contribution in [2.75, 3.05) is 53.6 Å². The van der Waals surface area contributed by atoms with Gasteiger partial charge in [0.15, 0.2) is 5.96 Å². The van der Waals surface area contributed by atoms with Gasteiger partial charge in [0.2, 0.25) is 0 Å². The van der Waals surface area contributed by atoms with Gasteiger partial charge in [0, 0.05) is 31.8 Å². The van der Waals surface area contributed by atoms with Gasteiger partial charge in [0.25, 0.3) is 0 Å². The molecule has 0 fully saturated rings. The molecule has 1 aromatic carbocycles. The van der Waals surface area contributed by atoms with E-state index >= 15 is 0 Å². The Bertz CT molecular complexity index is 478. The molecule has 0 saturated carbocycles. The zero-order valence-electron chi connectivity index (χ0n) is 15.5. The summed E-state index contributed by atoms with van der Waals surface area (Å²) < 4.78 is 11.2. The highest BCUT2D eigenvalue weighted by Gasteiger charge is 2.04. The normalized spacial score (nSPS) is 11.6. The van der Waals surface area contributed by atoms with E-state index < -0.39 is 0 Å². The van der Waals surface area contributed by atoms with Crippen molar-refractivity contribution in [2.45, 2.75) is 20.4 Å². The number of hydrogen-bond donors (Lipinski definition) is 2. The van der Waals surface area contributed by atoms with Crippen LogP contribution in [-0.2, 0) is 11.3 Å². The van der Waals surface area contributed by atoms with Crippen molar-refractivity contribution in [1.82, 2.24) is 15.5 Å². The van der Waals surface area contributed by atoms with Crippen molar-refractivity contribution in [3.8, 4) is 5.75 Å². The lowest BCUT2D eigenvalue weighted by atomic mass is 10.2. The highest BCUT2D eigenvalue weighted by molar-refractivity contribution is 5.79. The van der Waals surface area contributed by atoms with E-state index in [1.165, 1.54) is 0 Å². The Kier molecular flexibility index (Phi) is 10.6. The fourth-order valence-electron chi connectivity index (χ4n) is 2.01. The molecule has 0 bridgehead atoms. The maximum atomic E-state index is 5.88. The number of nitrogens with zero attached hydrogens (tertiary/aromatic N) is 2. The fraction of sp³-hybridized carbons (Fsp3) is 0.611. The minimum absolute atomic E-state index is 0.572. The third-order valence-corrected chi connectivity index (χ3v) is 3.26. The molecule has 6 heteroatoms. The van der Waals surface area contributed by atoms with E-state index in [2.05, 4.69) is 33.5 Å². The molecule has 0 saturated heterocycles. The maximum Gasteiger partial charge on any atom is 0.191 e. The summed E-state index contributed by atoms with van der Waals surface area (Å²) in [6.07, 6.45) is 0. The van der Waals surface area contributed by atoms with E-state index in [1.54, 1.807) is 0 Å². The number of ether oxygens (including phenoxy) is 2. The second kappa shape index (κ2) is 12.6. The van der Waals surface area contributed by atoms with E-state index in [1.807, 2.05) is 39.2 Å². The first-order chi connectivity index (χ1) is 11.7. The van der Waals surface area contributed by atoms with E-state index in [0.717, 1.165) is 43.5 Å². The molecule has 0 heterocycles. The molecule has 1 rings (SSSR count). The summed E-state index contributed by atoms with van der Waals surface area (Å²) in [4.78, 5) is 6.74. The van der Waals surface area contributed by atoms with Crippen LogP contribution in [0.2, 0.25) is 0 Å². The molecule has 24 heavy (non-hydrogen) atoms. The lowest BCUT2D eigenvalue weighted by Gasteiger charge is -2.14. The minimum atomic E-state index is 0.572. The van der Waals surface area contributed by atoms with Crippen LogP contribution in [0.4, 0.5) is 0 Å². The Balaban J connectivity index is 2.60. The van der Waals surface area contributed by atoms with Gasteiger partial charge in [0.05, 0.1) is 13.2 Å². The highest BCUT2D eigenvalue weighted by Crippen LogP contribution is 2.18. The van der Waals surface area contributed by atoms with Gasteiger partial charge in [-0.2, -0.15) is 0 Å². The molecule has 0 aromatic heterocycles. The third kappa shape index (κ3) is 8.74. The molecule has 6 nitrogen and oxygen atoms in total. The average Bonchev–Trinajstić information content (AvgIpc) is 2.57. The number of aliphatic imine (C=N–C) groups is 1. The number of likely N-dealkylation sites (N-methyl/N-ethyl adjacent to an activating group) is 1. The average molecular weight is 336 g/mol. The number of rotatable bonds is 11. The Morgan fingerprint density at radius 1 is 1.12 bits per heavy atom. The summed E-state index contributed by atoms with van der Waals surface area (Å²) >= 11 is 0. The molecule has 0 aliphatic rings. The molecule has 0 unspecified atom stereocenters. The van der Waals surface area contributed by atoms with Crippen LogP contribution in [0, 0.1) is 0 Å². The Hall–Kier alpha value is -1.79. The number of hydrogen-bond acceptors (Lipinski definition) is 4. The van der Waals surface area contributed by atoms with Crippen molar-refractivity contribution in [2.24, 2.45) is 4.99 Å². The van der Waals surface area contributed by atoms with Crippen LogP contribution < -0.4 is 15.4 Å². The van der Waals surface area contributed by atoms with Crippen molar-refractivity contribution in [1.29, 1.82) is 0 Å². The van der Waals surface area contributed by atoms with Crippen molar-refractivity contribution in [3.05, 3.63) is 29.8 Å². The van der Waals surface area contributed by atoms with Crippen LogP contribution in [0.1, 0.15) is 19.4 Å². The van der Waals surface area contributed by atoms with E-state index in [4.69, 9.17) is 9.47 Å². The zero-order chi connectivity index (χ0) is 17.6. The number of para-hydroxylation sites is 1. The highest BCUT2D eigenvalue weighted by atomic mass is 16.5. The van der Waals surface area contributed by atoms with E-state index in [-0.39, 0.29) is 0 Å². The third-order valence-electron chi connectivity index (χ3n) is 3.26. The lowest BCUT2D eigenvalue weighted by molar-refractivity contribution is 0.152. The summed E-state index contributed by atoms with van der Waals surface area (Å²) in [5.74, 6) is 1.69. The number of nitrogens with one attached hydrogen (secondary N) is 2. The first kappa shape index (κ1) is 20.3. The van der Waals surface area contributed by atoms with Crippen molar-refractivity contribution in [3.63, 3.8) is 0 Å². The summed E-state index contributed by atoms with van der Waals surface area (Å²) in [5, 5.41) is 6.51. The smallest absolute Gasteiger partial charge is 0.191 e. The maximum absolute atomic E-state index is 5.88. The van der Waals surface area contributed by atoms with Gasteiger partial charge >= 0.3 is 0 Å². The second-order valence-corrected chi connectivity index (χ2v) is 5.58. The Morgan fingerprint density at radius 3 is 2.62 bits per heavy atom. The standard InChI is InChI=1S/C18H32N4O2/c1-5-19-18(20-11-13-23-6-2)21-15-16-9-7-8-10-17(16)24-14-12-22(3)4/h7-10H,5-6,11-15H2,1-4H3,(H2,19,20,21). The Morgan fingerprint density at radius 2 is 1.92 bits per heavy atom. The molecule has 0 aliphatic heterocycles. The summed E-state index contributed by atoms with van der Waals surface area (Å²) in [6.45, 7) is 9.13. The summed E-state index contributed by atoms with van der Waals surface area (Å²) in [6, 6.07) is 8.05. The lowest BCUT2D eigenvalue weighted by Crippen LogP contribution is -2.39. The van der Waals surface area contributed by atoms with Crippen LogP contribution in [0.25, 0.3) is 0 Å². The van der Waals surface area contributed by atoms with Gasteiger partial charge in [-0.25, -0.2) is 4.99 Å². The predicted molar refractivity (Wildman–Crippen MR) is 99.8 cm³/mol. The molecular formula is C18H32N4O2. The molecule has 136 valence electrons. The van der Waals surface area contributed by atoms with Gasteiger partial charge in [-0.1, -0.05) is 18.2 Å². The second-order valence-electron chi connectivity index (χ2n) is 5.58. The largest absolute Gasteiger partial charge is 0.492 e. The fourth-order valence-corrected chi connectivity index (χ4v) is 2.01. The summed E-state index contributed by atoms with van der Waals surface area (Å²) in [5.41, 5.74) is 1.08. The first-order valence-electron chi connectivity index (χ1n) is 8.62. The van der Waals surface area contributed by atoms with Gasteiger partial charge in [-0.05, 0) is 34.0 Å². The molecule has 0 amide bonds. The minimum Gasteiger partial charge on any atom is -0.492 e. The Labute approximate surface area is 146 Å². The first-order valence-corrected chi connectivity index (χ1v) is 8.62. The van der Waals surface area contributed by atoms with E-state index in [9.17, 15) is 0 Å². The van der Waals surface area contributed by atoms with Crippen LogP contribution in [-0.4, -0.2) is 64.4 Å². The van der Waals surface area contributed by atoms with E-state index in [0.29, 0.717) is 19.8 Å².